The van der Waals surface area contributed by atoms with Crippen LogP contribution in [0.15, 0.2) is 46.9 Å². The minimum atomic E-state index is -0.315. The Balaban J connectivity index is 2.15. The highest BCUT2D eigenvalue weighted by Crippen LogP contribution is 2.19. The van der Waals surface area contributed by atoms with E-state index in [0.717, 1.165) is 10.0 Å². The minimum Gasteiger partial charge on any atom is -0.347 e. The smallest absolute Gasteiger partial charge is 0.255 e. The molecule has 2 amide bonds. The van der Waals surface area contributed by atoms with Gasteiger partial charge in [-0.2, -0.15) is 0 Å². The van der Waals surface area contributed by atoms with Gasteiger partial charge in [-0.15, -0.1) is 0 Å². The maximum atomic E-state index is 12.4. The van der Waals surface area contributed by atoms with Crippen LogP contribution >= 0.6 is 15.9 Å². The van der Waals surface area contributed by atoms with Crippen LogP contribution in [0.3, 0.4) is 0 Å². The van der Waals surface area contributed by atoms with Gasteiger partial charge in [0.05, 0.1) is 0 Å². The van der Waals surface area contributed by atoms with Gasteiger partial charge < -0.3 is 10.6 Å². The van der Waals surface area contributed by atoms with E-state index in [1.54, 1.807) is 36.4 Å². The van der Waals surface area contributed by atoms with E-state index in [9.17, 15) is 9.59 Å². The first-order valence-corrected chi connectivity index (χ1v) is 8.45. The highest BCUT2D eigenvalue weighted by molar-refractivity contribution is 9.10. The highest BCUT2D eigenvalue weighted by atomic mass is 79.9. The molecule has 2 aromatic rings. The van der Waals surface area contributed by atoms with Crippen molar-refractivity contribution in [3.05, 3.63) is 63.6 Å². The fourth-order valence-electron chi connectivity index (χ4n) is 2.09. The first-order chi connectivity index (χ1) is 11.2. The second-order valence-corrected chi connectivity index (χ2v) is 7.56. The summed E-state index contributed by atoms with van der Waals surface area (Å²) in [6.45, 7) is 7.73. The molecule has 126 valence electrons. The zero-order chi connectivity index (χ0) is 17.9. The molecule has 2 rings (SSSR count). The van der Waals surface area contributed by atoms with Gasteiger partial charge in [0, 0.05) is 26.8 Å². The molecular weight excluding hydrogens is 368 g/mol. The summed E-state index contributed by atoms with van der Waals surface area (Å²) >= 11 is 3.43. The van der Waals surface area contributed by atoms with E-state index in [0.29, 0.717) is 16.8 Å². The average Bonchev–Trinajstić information content (AvgIpc) is 2.48. The molecule has 0 aliphatic heterocycles. The Hall–Kier alpha value is -2.14. The van der Waals surface area contributed by atoms with Gasteiger partial charge in [-0.25, -0.2) is 0 Å². The summed E-state index contributed by atoms with van der Waals surface area (Å²) < 4.78 is 0.883. The number of hydrogen-bond acceptors (Lipinski definition) is 2. The molecule has 0 spiro atoms. The predicted octanol–water partition coefficient (Wildman–Crippen LogP) is 4.54. The molecule has 5 heteroatoms. The van der Waals surface area contributed by atoms with Gasteiger partial charge >= 0.3 is 0 Å². The number of anilines is 1. The lowest BCUT2D eigenvalue weighted by atomic mass is 10.1. The summed E-state index contributed by atoms with van der Waals surface area (Å²) in [5.41, 5.74) is 2.39. The molecule has 0 heterocycles. The van der Waals surface area contributed by atoms with Crippen LogP contribution in [0, 0.1) is 6.92 Å². The minimum absolute atomic E-state index is 0.170. The number of carbonyl (C=O) groups excluding carboxylic acids is 2. The lowest BCUT2D eigenvalue weighted by Gasteiger charge is -2.20. The predicted molar refractivity (Wildman–Crippen MR) is 100 cm³/mol. The molecule has 0 unspecified atom stereocenters. The van der Waals surface area contributed by atoms with Crippen molar-refractivity contribution >= 4 is 33.4 Å². The molecule has 4 nitrogen and oxygen atoms in total. The van der Waals surface area contributed by atoms with Gasteiger partial charge in [0.1, 0.15) is 0 Å². The summed E-state index contributed by atoms with van der Waals surface area (Å²) in [6, 6.07) is 12.3. The normalized spacial score (nSPS) is 11.0. The summed E-state index contributed by atoms with van der Waals surface area (Å²) in [7, 11) is 0. The molecule has 0 atom stereocenters. The Labute approximate surface area is 150 Å². The molecule has 2 N–H and O–H groups in total. The quantitative estimate of drug-likeness (QED) is 0.810. The van der Waals surface area contributed by atoms with E-state index in [4.69, 9.17) is 0 Å². The first-order valence-electron chi connectivity index (χ1n) is 7.66. The lowest BCUT2D eigenvalue weighted by molar-refractivity contribution is 0.0918. The summed E-state index contributed by atoms with van der Waals surface area (Å²) in [4.78, 5) is 24.6. The Morgan fingerprint density at radius 3 is 2.25 bits per heavy atom. The highest BCUT2D eigenvalue weighted by Gasteiger charge is 2.16. The van der Waals surface area contributed by atoms with Crippen LogP contribution < -0.4 is 10.6 Å². The number of benzene rings is 2. The van der Waals surface area contributed by atoms with E-state index in [-0.39, 0.29) is 17.4 Å². The van der Waals surface area contributed by atoms with E-state index in [1.807, 2.05) is 33.8 Å². The molecule has 0 saturated carbocycles. The fraction of sp³-hybridized carbons (Fsp3) is 0.263. The van der Waals surface area contributed by atoms with Crippen molar-refractivity contribution in [2.45, 2.75) is 33.2 Å². The van der Waals surface area contributed by atoms with Gasteiger partial charge in [-0.05, 0) is 63.6 Å². The van der Waals surface area contributed by atoms with Crippen LogP contribution in [-0.4, -0.2) is 17.4 Å². The van der Waals surface area contributed by atoms with Crippen LogP contribution in [0.1, 0.15) is 47.1 Å². The zero-order valence-electron chi connectivity index (χ0n) is 14.2. The molecule has 0 aliphatic carbocycles. The first kappa shape index (κ1) is 18.2. The van der Waals surface area contributed by atoms with Crippen LogP contribution in [0.2, 0.25) is 0 Å². The van der Waals surface area contributed by atoms with E-state index in [2.05, 4.69) is 26.6 Å². The standard InChI is InChI=1S/C19H21BrN2O2/c1-12-8-9-14(11-16(12)20)17(23)21-15-7-5-6-13(10-15)18(24)22-19(2,3)4/h5-11H,1-4H3,(H,21,23)(H,22,24). The number of nitrogens with one attached hydrogen (secondary N) is 2. The molecule has 0 fully saturated rings. The van der Waals surface area contributed by atoms with Crippen molar-refractivity contribution in [1.82, 2.24) is 5.32 Å². The van der Waals surface area contributed by atoms with Crippen molar-refractivity contribution in [2.75, 3.05) is 5.32 Å². The second-order valence-electron chi connectivity index (χ2n) is 6.70. The van der Waals surface area contributed by atoms with Crippen LogP contribution in [0.5, 0.6) is 0 Å². The Morgan fingerprint density at radius 1 is 0.958 bits per heavy atom. The van der Waals surface area contributed by atoms with Gasteiger partial charge in [0.15, 0.2) is 0 Å². The van der Waals surface area contributed by atoms with Gasteiger partial charge in [-0.3, -0.25) is 9.59 Å². The summed E-state index contributed by atoms with van der Waals surface area (Å²) in [5, 5.41) is 5.73. The fourth-order valence-corrected chi connectivity index (χ4v) is 2.47. The average molecular weight is 389 g/mol. The topological polar surface area (TPSA) is 58.2 Å². The van der Waals surface area contributed by atoms with Crippen molar-refractivity contribution in [3.63, 3.8) is 0 Å². The lowest BCUT2D eigenvalue weighted by Crippen LogP contribution is -2.40. The number of rotatable bonds is 3. The molecule has 24 heavy (non-hydrogen) atoms. The van der Waals surface area contributed by atoms with Gasteiger partial charge in [-0.1, -0.05) is 28.1 Å². The molecule has 0 radical (unpaired) electrons. The van der Waals surface area contributed by atoms with Crippen molar-refractivity contribution < 1.29 is 9.59 Å². The zero-order valence-corrected chi connectivity index (χ0v) is 15.8. The third-order valence-electron chi connectivity index (χ3n) is 3.31. The number of halogens is 1. The summed E-state index contributed by atoms with van der Waals surface area (Å²) in [6.07, 6.45) is 0. The Bertz CT molecular complexity index is 779. The number of amides is 2. The number of aryl methyl sites for hydroxylation is 1. The third-order valence-corrected chi connectivity index (χ3v) is 4.16. The largest absolute Gasteiger partial charge is 0.347 e. The maximum Gasteiger partial charge on any atom is 0.255 e. The van der Waals surface area contributed by atoms with Crippen molar-refractivity contribution in [2.24, 2.45) is 0 Å². The van der Waals surface area contributed by atoms with E-state index >= 15 is 0 Å². The molecule has 0 aromatic heterocycles. The number of carbonyl (C=O) groups is 2. The van der Waals surface area contributed by atoms with Crippen LogP contribution in [0.4, 0.5) is 5.69 Å². The van der Waals surface area contributed by atoms with Crippen LogP contribution in [0.25, 0.3) is 0 Å². The molecular formula is C19H21BrN2O2. The van der Waals surface area contributed by atoms with Gasteiger partial charge in [0.25, 0.3) is 11.8 Å². The Morgan fingerprint density at radius 2 is 1.62 bits per heavy atom. The molecule has 0 aliphatic rings. The van der Waals surface area contributed by atoms with E-state index in [1.165, 1.54) is 0 Å². The molecule has 2 aromatic carbocycles. The third kappa shape index (κ3) is 4.93. The van der Waals surface area contributed by atoms with Crippen molar-refractivity contribution in [1.29, 1.82) is 0 Å². The van der Waals surface area contributed by atoms with E-state index < -0.39 is 0 Å². The maximum absolute atomic E-state index is 12.4. The SMILES string of the molecule is Cc1ccc(C(=O)Nc2cccc(C(=O)NC(C)(C)C)c2)cc1Br. The molecule has 0 bridgehead atoms. The monoisotopic (exact) mass is 388 g/mol. The second kappa shape index (κ2) is 7.18. The molecule has 0 saturated heterocycles. The van der Waals surface area contributed by atoms with Crippen molar-refractivity contribution in [3.8, 4) is 0 Å². The van der Waals surface area contributed by atoms with Crippen LogP contribution in [-0.2, 0) is 0 Å². The Kier molecular flexibility index (Phi) is 5.44. The van der Waals surface area contributed by atoms with Gasteiger partial charge in [0.2, 0.25) is 0 Å². The summed E-state index contributed by atoms with van der Waals surface area (Å²) in [5.74, 6) is -0.388. The number of hydrogen-bond donors (Lipinski definition) is 2.